The lowest BCUT2D eigenvalue weighted by atomic mass is 9.97. The van der Waals surface area contributed by atoms with Gasteiger partial charge in [-0.1, -0.05) is 24.6 Å². The zero-order valence-electron chi connectivity index (χ0n) is 18.5. The average molecular weight is 426 g/mol. The van der Waals surface area contributed by atoms with Crippen LogP contribution in [0.4, 0.5) is 0 Å². The van der Waals surface area contributed by atoms with Crippen molar-refractivity contribution in [3.8, 4) is 23.0 Å². The van der Waals surface area contributed by atoms with Crippen molar-refractivity contribution in [1.82, 2.24) is 4.90 Å². The van der Waals surface area contributed by atoms with Gasteiger partial charge in [0.25, 0.3) is 0 Å². The van der Waals surface area contributed by atoms with Crippen LogP contribution >= 0.6 is 0 Å². The SMILES string of the molecule is COc1ccc(C/C=C(/C=O)c2c(OC)cc(OC)c(CN3CCCCC3)c2O)cc1. The zero-order chi connectivity index (χ0) is 22.2. The number of likely N-dealkylation sites (tertiary alicyclic amines) is 1. The van der Waals surface area contributed by atoms with Crippen LogP contribution < -0.4 is 14.2 Å². The number of hydrogen-bond acceptors (Lipinski definition) is 6. The van der Waals surface area contributed by atoms with E-state index < -0.39 is 0 Å². The van der Waals surface area contributed by atoms with Crippen LogP contribution in [0.1, 0.15) is 36.0 Å². The second-order valence-electron chi connectivity index (χ2n) is 7.65. The number of rotatable bonds is 9. The van der Waals surface area contributed by atoms with Crippen molar-refractivity contribution in [2.75, 3.05) is 34.4 Å². The molecule has 0 aromatic heterocycles. The molecule has 166 valence electrons. The van der Waals surface area contributed by atoms with Crippen molar-refractivity contribution in [3.05, 3.63) is 53.1 Å². The molecule has 3 rings (SSSR count). The number of ether oxygens (including phenoxy) is 3. The van der Waals surface area contributed by atoms with E-state index in [-0.39, 0.29) is 5.75 Å². The Bertz CT molecular complexity index is 914. The molecule has 0 aliphatic carbocycles. The van der Waals surface area contributed by atoms with E-state index in [2.05, 4.69) is 4.90 Å². The number of aromatic hydroxyl groups is 1. The molecule has 6 nitrogen and oxygen atoms in total. The molecule has 31 heavy (non-hydrogen) atoms. The van der Waals surface area contributed by atoms with Crippen LogP contribution in [0.3, 0.4) is 0 Å². The number of methoxy groups -OCH3 is 3. The largest absolute Gasteiger partial charge is 0.507 e. The van der Waals surface area contributed by atoms with Gasteiger partial charge in [-0.15, -0.1) is 0 Å². The summed E-state index contributed by atoms with van der Waals surface area (Å²) < 4.78 is 16.2. The Morgan fingerprint density at radius 1 is 1.00 bits per heavy atom. The average Bonchev–Trinajstić information content (AvgIpc) is 2.82. The normalized spacial score (nSPS) is 14.9. The van der Waals surface area contributed by atoms with Crippen LogP contribution in [0, 0.1) is 0 Å². The number of nitrogens with zero attached hydrogens (tertiary/aromatic N) is 1. The monoisotopic (exact) mass is 425 g/mol. The molecule has 0 amide bonds. The maximum atomic E-state index is 12.0. The summed E-state index contributed by atoms with van der Waals surface area (Å²) in [5, 5.41) is 11.2. The summed E-state index contributed by atoms with van der Waals surface area (Å²) in [6, 6.07) is 9.41. The van der Waals surface area contributed by atoms with E-state index in [1.807, 2.05) is 30.3 Å². The van der Waals surface area contributed by atoms with E-state index >= 15 is 0 Å². The molecule has 0 radical (unpaired) electrons. The van der Waals surface area contributed by atoms with Crippen LogP contribution in [0.2, 0.25) is 0 Å². The Hall–Kier alpha value is -2.99. The van der Waals surface area contributed by atoms with E-state index in [0.29, 0.717) is 41.2 Å². The number of phenols is 1. The van der Waals surface area contributed by atoms with Crippen LogP contribution in [-0.2, 0) is 17.8 Å². The number of carbonyl (C=O) groups is 1. The molecule has 0 atom stereocenters. The van der Waals surface area contributed by atoms with E-state index in [4.69, 9.17) is 14.2 Å². The molecule has 1 aliphatic rings. The summed E-state index contributed by atoms with van der Waals surface area (Å²) >= 11 is 0. The molecular formula is C25H31NO5. The minimum Gasteiger partial charge on any atom is -0.507 e. The third-order valence-electron chi connectivity index (χ3n) is 5.73. The van der Waals surface area contributed by atoms with Gasteiger partial charge >= 0.3 is 0 Å². The van der Waals surface area contributed by atoms with Gasteiger partial charge in [-0.2, -0.15) is 0 Å². The summed E-state index contributed by atoms with van der Waals surface area (Å²) in [5.41, 5.74) is 2.49. The maximum absolute atomic E-state index is 12.0. The summed E-state index contributed by atoms with van der Waals surface area (Å²) in [4.78, 5) is 14.3. The standard InChI is InChI=1S/C25H31NO5/c1-29-20-11-8-18(9-12-20)7-10-19(17-27)24-23(31-3)15-22(30-2)21(25(24)28)16-26-13-5-4-6-14-26/h8-12,15,17,28H,4-7,13-14,16H2,1-3H3/b19-10-. The van der Waals surface area contributed by atoms with Crippen molar-refractivity contribution in [3.63, 3.8) is 0 Å². The van der Waals surface area contributed by atoms with Crippen LogP contribution in [0.25, 0.3) is 5.57 Å². The summed E-state index contributed by atoms with van der Waals surface area (Å²) in [6.45, 7) is 2.53. The molecule has 1 aliphatic heterocycles. The molecule has 0 unspecified atom stereocenters. The Kier molecular flexibility index (Phi) is 7.95. The lowest BCUT2D eigenvalue weighted by Crippen LogP contribution is -2.29. The molecule has 1 N–H and O–H groups in total. The third-order valence-corrected chi connectivity index (χ3v) is 5.73. The minimum absolute atomic E-state index is 0.0369. The molecule has 0 spiro atoms. The quantitative estimate of drug-likeness (QED) is 0.479. The Balaban J connectivity index is 1.97. The van der Waals surface area contributed by atoms with Gasteiger partial charge in [-0.3, -0.25) is 9.69 Å². The highest BCUT2D eigenvalue weighted by Crippen LogP contribution is 2.42. The number of benzene rings is 2. The van der Waals surface area contributed by atoms with E-state index in [0.717, 1.165) is 43.5 Å². The fourth-order valence-corrected chi connectivity index (χ4v) is 3.98. The number of carbonyl (C=O) groups excluding carboxylic acids is 1. The summed E-state index contributed by atoms with van der Waals surface area (Å²) in [5.74, 6) is 1.78. The Morgan fingerprint density at radius 3 is 2.26 bits per heavy atom. The first kappa shape index (κ1) is 22.7. The van der Waals surface area contributed by atoms with Gasteiger partial charge in [0.05, 0.1) is 32.5 Å². The first-order valence-corrected chi connectivity index (χ1v) is 10.6. The molecule has 1 fully saturated rings. The van der Waals surface area contributed by atoms with E-state index in [9.17, 15) is 9.90 Å². The highest BCUT2D eigenvalue weighted by molar-refractivity contribution is 6.09. The number of phenolic OH excluding ortho intramolecular Hbond substituents is 1. The van der Waals surface area contributed by atoms with Crippen molar-refractivity contribution < 1.29 is 24.1 Å². The van der Waals surface area contributed by atoms with Crippen molar-refractivity contribution in [2.45, 2.75) is 32.2 Å². The van der Waals surface area contributed by atoms with Gasteiger partial charge in [0.1, 0.15) is 23.0 Å². The van der Waals surface area contributed by atoms with Gasteiger partial charge < -0.3 is 19.3 Å². The minimum atomic E-state index is 0.0369. The third kappa shape index (κ3) is 5.39. The fourth-order valence-electron chi connectivity index (χ4n) is 3.98. The molecule has 0 bridgehead atoms. The topological polar surface area (TPSA) is 68.2 Å². The van der Waals surface area contributed by atoms with Crippen LogP contribution in [-0.4, -0.2) is 50.7 Å². The van der Waals surface area contributed by atoms with Crippen molar-refractivity contribution >= 4 is 11.9 Å². The summed E-state index contributed by atoms with van der Waals surface area (Å²) in [7, 11) is 4.72. The highest BCUT2D eigenvalue weighted by Gasteiger charge is 2.24. The number of hydrogen-bond donors (Lipinski definition) is 1. The maximum Gasteiger partial charge on any atom is 0.150 e. The van der Waals surface area contributed by atoms with Crippen LogP contribution in [0.5, 0.6) is 23.0 Å². The molecule has 0 saturated carbocycles. The number of allylic oxidation sites excluding steroid dienone is 2. The predicted octanol–water partition coefficient (Wildman–Crippen LogP) is 4.23. The molecule has 1 heterocycles. The van der Waals surface area contributed by atoms with Gasteiger partial charge in [0.15, 0.2) is 6.29 Å². The number of piperidine rings is 1. The Morgan fingerprint density at radius 2 is 1.68 bits per heavy atom. The van der Waals surface area contributed by atoms with E-state index in [1.165, 1.54) is 13.5 Å². The first-order valence-electron chi connectivity index (χ1n) is 10.6. The lowest BCUT2D eigenvalue weighted by Gasteiger charge is -2.28. The second-order valence-corrected chi connectivity index (χ2v) is 7.65. The van der Waals surface area contributed by atoms with Gasteiger partial charge in [-0.05, 0) is 50.0 Å². The molecular weight excluding hydrogens is 394 g/mol. The molecule has 2 aromatic rings. The zero-order valence-corrected chi connectivity index (χ0v) is 18.5. The lowest BCUT2D eigenvalue weighted by molar-refractivity contribution is -0.103. The second kappa shape index (κ2) is 10.9. The van der Waals surface area contributed by atoms with E-state index in [1.54, 1.807) is 20.3 Å². The number of aldehydes is 1. The van der Waals surface area contributed by atoms with Gasteiger partial charge in [0, 0.05) is 18.2 Å². The van der Waals surface area contributed by atoms with Crippen molar-refractivity contribution in [2.24, 2.45) is 0 Å². The Labute approximate surface area is 184 Å². The fraction of sp³-hybridized carbons (Fsp3) is 0.400. The molecule has 2 aromatic carbocycles. The van der Waals surface area contributed by atoms with Gasteiger partial charge in [0.2, 0.25) is 0 Å². The van der Waals surface area contributed by atoms with Gasteiger partial charge in [-0.25, -0.2) is 0 Å². The molecule has 1 saturated heterocycles. The highest BCUT2D eigenvalue weighted by atomic mass is 16.5. The predicted molar refractivity (Wildman–Crippen MR) is 121 cm³/mol. The van der Waals surface area contributed by atoms with Crippen LogP contribution in [0.15, 0.2) is 36.4 Å². The molecule has 6 heteroatoms. The summed E-state index contributed by atoms with van der Waals surface area (Å²) in [6.07, 6.45) is 6.63. The smallest absolute Gasteiger partial charge is 0.150 e. The first-order chi connectivity index (χ1) is 15.1. The van der Waals surface area contributed by atoms with Crippen molar-refractivity contribution in [1.29, 1.82) is 0 Å².